The largest absolute Gasteiger partial charge is 0.465 e. The number of aliphatic hydroxyl groups is 1. The lowest BCUT2D eigenvalue weighted by Gasteiger charge is -2.59. The summed E-state index contributed by atoms with van der Waals surface area (Å²) in [5.41, 5.74) is 1.20. The average molecular weight is 280 g/mol. The fourth-order valence-corrected chi connectivity index (χ4v) is 4.67. The molecule has 0 spiro atoms. The van der Waals surface area contributed by atoms with Crippen LogP contribution in [0.3, 0.4) is 0 Å². The van der Waals surface area contributed by atoms with Crippen LogP contribution >= 0.6 is 0 Å². The molecule has 0 unspecified atom stereocenters. The SMILES string of the molecule is C=C1CC[C@H]2C(C)(C)[C@@H](O)CC[C@]2(C)[C@H]1COC(C)=O. The monoisotopic (exact) mass is 280 g/mol. The molecule has 4 atom stereocenters. The maximum atomic E-state index is 11.1. The lowest BCUT2D eigenvalue weighted by Crippen LogP contribution is -2.55. The first-order valence-corrected chi connectivity index (χ1v) is 7.68. The van der Waals surface area contributed by atoms with E-state index in [1.807, 2.05) is 0 Å². The minimum Gasteiger partial charge on any atom is -0.465 e. The summed E-state index contributed by atoms with van der Waals surface area (Å²) in [6.07, 6.45) is 3.62. The van der Waals surface area contributed by atoms with Crippen molar-refractivity contribution in [3.05, 3.63) is 12.2 Å². The molecule has 3 heteroatoms. The zero-order chi connectivity index (χ0) is 15.1. The van der Waals surface area contributed by atoms with Crippen molar-refractivity contribution in [2.24, 2.45) is 22.7 Å². The van der Waals surface area contributed by atoms with Crippen molar-refractivity contribution in [2.45, 2.75) is 59.5 Å². The van der Waals surface area contributed by atoms with Crippen LogP contribution in [0.15, 0.2) is 12.2 Å². The summed E-state index contributed by atoms with van der Waals surface area (Å²) in [5, 5.41) is 10.4. The van der Waals surface area contributed by atoms with Gasteiger partial charge in [-0.05, 0) is 42.4 Å². The van der Waals surface area contributed by atoms with Gasteiger partial charge in [-0.15, -0.1) is 0 Å². The predicted octanol–water partition coefficient (Wildman–Crippen LogP) is 3.32. The van der Waals surface area contributed by atoms with Crippen molar-refractivity contribution < 1.29 is 14.6 Å². The Morgan fingerprint density at radius 2 is 2.05 bits per heavy atom. The van der Waals surface area contributed by atoms with Crippen LogP contribution in [0.5, 0.6) is 0 Å². The summed E-state index contributed by atoms with van der Waals surface area (Å²) in [6.45, 7) is 12.8. The number of aliphatic hydroxyl groups excluding tert-OH is 1. The Balaban J connectivity index is 2.28. The number of fused-ring (bicyclic) bond motifs is 1. The molecule has 0 bridgehead atoms. The predicted molar refractivity (Wildman–Crippen MR) is 79.1 cm³/mol. The van der Waals surface area contributed by atoms with E-state index in [0.29, 0.717) is 12.5 Å². The van der Waals surface area contributed by atoms with Gasteiger partial charge in [0.05, 0.1) is 12.7 Å². The molecule has 2 aliphatic rings. The van der Waals surface area contributed by atoms with Crippen LogP contribution in [0.25, 0.3) is 0 Å². The van der Waals surface area contributed by atoms with Crippen molar-refractivity contribution in [1.29, 1.82) is 0 Å². The van der Waals surface area contributed by atoms with Gasteiger partial charge in [-0.1, -0.05) is 32.9 Å². The third-order valence-electron chi connectivity index (χ3n) is 6.01. The quantitative estimate of drug-likeness (QED) is 0.623. The Bertz CT molecular complexity index is 412. The fourth-order valence-electron chi connectivity index (χ4n) is 4.67. The third kappa shape index (κ3) is 2.41. The van der Waals surface area contributed by atoms with Crippen LogP contribution in [0.4, 0.5) is 0 Å². The number of rotatable bonds is 2. The number of carbonyl (C=O) groups is 1. The van der Waals surface area contributed by atoms with Gasteiger partial charge < -0.3 is 9.84 Å². The maximum Gasteiger partial charge on any atom is 0.302 e. The molecule has 0 heterocycles. The summed E-state index contributed by atoms with van der Waals surface area (Å²) in [6, 6.07) is 0. The van der Waals surface area contributed by atoms with E-state index in [1.165, 1.54) is 12.5 Å². The zero-order valence-corrected chi connectivity index (χ0v) is 13.2. The second-order valence-corrected chi connectivity index (χ2v) is 7.49. The number of carbonyl (C=O) groups excluding carboxylic acids is 1. The number of hydrogen-bond donors (Lipinski definition) is 1. The van der Waals surface area contributed by atoms with Crippen molar-refractivity contribution in [3.63, 3.8) is 0 Å². The average Bonchev–Trinajstić information content (AvgIpc) is 2.33. The minimum absolute atomic E-state index is 0.0769. The molecular formula is C17H28O3. The first-order valence-electron chi connectivity index (χ1n) is 7.68. The van der Waals surface area contributed by atoms with Gasteiger partial charge in [0.25, 0.3) is 0 Å². The van der Waals surface area contributed by atoms with E-state index >= 15 is 0 Å². The normalized spacial score (nSPS) is 40.0. The first kappa shape index (κ1) is 15.6. The minimum atomic E-state index is -0.235. The van der Waals surface area contributed by atoms with Gasteiger partial charge in [-0.3, -0.25) is 4.79 Å². The van der Waals surface area contributed by atoms with Gasteiger partial charge in [-0.25, -0.2) is 0 Å². The van der Waals surface area contributed by atoms with Gasteiger partial charge in [0.2, 0.25) is 0 Å². The highest BCUT2D eigenvalue weighted by atomic mass is 16.5. The number of ether oxygens (including phenoxy) is 1. The molecule has 3 nitrogen and oxygen atoms in total. The summed E-state index contributed by atoms with van der Waals surface area (Å²) in [4.78, 5) is 11.1. The zero-order valence-electron chi connectivity index (χ0n) is 13.2. The lowest BCUT2D eigenvalue weighted by atomic mass is 9.47. The second-order valence-electron chi connectivity index (χ2n) is 7.49. The molecule has 0 saturated heterocycles. The van der Waals surface area contributed by atoms with E-state index in [2.05, 4.69) is 27.4 Å². The molecule has 2 aliphatic carbocycles. The van der Waals surface area contributed by atoms with Crippen molar-refractivity contribution in [2.75, 3.05) is 6.61 Å². The van der Waals surface area contributed by atoms with Crippen LogP contribution in [0.1, 0.15) is 53.4 Å². The molecule has 0 amide bonds. The Kier molecular flexibility index (Phi) is 4.03. The maximum absolute atomic E-state index is 11.1. The number of hydrogen-bond acceptors (Lipinski definition) is 3. The Morgan fingerprint density at radius 3 is 2.65 bits per heavy atom. The van der Waals surface area contributed by atoms with Gasteiger partial charge in [0.15, 0.2) is 0 Å². The highest BCUT2D eigenvalue weighted by Crippen LogP contribution is 2.60. The molecular weight excluding hydrogens is 252 g/mol. The molecule has 0 radical (unpaired) electrons. The fraction of sp³-hybridized carbons (Fsp3) is 0.824. The molecule has 1 N–H and O–H groups in total. The van der Waals surface area contributed by atoms with Crippen LogP contribution in [-0.4, -0.2) is 23.8 Å². The molecule has 0 aliphatic heterocycles. The first-order chi connectivity index (χ1) is 9.19. The van der Waals surface area contributed by atoms with E-state index in [4.69, 9.17) is 4.74 Å². The van der Waals surface area contributed by atoms with Gasteiger partial charge in [-0.2, -0.15) is 0 Å². The Morgan fingerprint density at radius 1 is 1.40 bits per heavy atom. The van der Waals surface area contributed by atoms with E-state index in [0.717, 1.165) is 25.7 Å². The lowest BCUT2D eigenvalue weighted by molar-refractivity contribution is -0.152. The molecule has 20 heavy (non-hydrogen) atoms. The Hall–Kier alpha value is -0.830. The van der Waals surface area contributed by atoms with Crippen molar-refractivity contribution >= 4 is 5.97 Å². The van der Waals surface area contributed by atoms with E-state index in [-0.39, 0.29) is 28.8 Å². The van der Waals surface area contributed by atoms with Gasteiger partial charge in [0.1, 0.15) is 0 Å². The van der Waals surface area contributed by atoms with E-state index < -0.39 is 0 Å². The van der Waals surface area contributed by atoms with Gasteiger partial charge in [0, 0.05) is 12.8 Å². The highest BCUT2D eigenvalue weighted by Gasteiger charge is 2.56. The van der Waals surface area contributed by atoms with Crippen LogP contribution in [0.2, 0.25) is 0 Å². The summed E-state index contributed by atoms with van der Waals surface area (Å²) in [7, 11) is 0. The summed E-state index contributed by atoms with van der Waals surface area (Å²) >= 11 is 0. The molecule has 2 rings (SSSR count). The summed E-state index contributed by atoms with van der Waals surface area (Å²) < 4.78 is 5.30. The van der Waals surface area contributed by atoms with Crippen LogP contribution in [-0.2, 0) is 9.53 Å². The van der Waals surface area contributed by atoms with Crippen molar-refractivity contribution in [1.82, 2.24) is 0 Å². The third-order valence-corrected chi connectivity index (χ3v) is 6.01. The summed E-state index contributed by atoms with van der Waals surface area (Å²) in [5.74, 6) is 0.445. The molecule has 2 saturated carbocycles. The van der Waals surface area contributed by atoms with Gasteiger partial charge >= 0.3 is 5.97 Å². The standard InChI is InChI=1S/C17H28O3/c1-11-6-7-14-16(3,4)15(19)8-9-17(14,5)13(11)10-20-12(2)18/h13-15,19H,1,6-10H2,2-5H3/t13-,14-,15-,17+/m0/s1. The molecule has 0 aromatic rings. The Labute approximate surface area is 122 Å². The molecule has 114 valence electrons. The highest BCUT2D eigenvalue weighted by molar-refractivity contribution is 5.65. The molecule has 0 aromatic carbocycles. The van der Waals surface area contributed by atoms with Crippen LogP contribution in [0, 0.1) is 22.7 Å². The second kappa shape index (κ2) is 5.18. The van der Waals surface area contributed by atoms with E-state index in [9.17, 15) is 9.90 Å². The number of esters is 1. The van der Waals surface area contributed by atoms with E-state index in [1.54, 1.807) is 0 Å². The van der Waals surface area contributed by atoms with Crippen molar-refractivity contribution in [3.8, 4) is 0 Å². The molecule has 0 aromatic heterocycles. The van der Waals surface area contributed by atoms with Crippen LogP contribution < -0.4 is 0 Å². The topological polar surface area (TPSA) is 46.5 Å². The smallest absolute Gasteiger partial charge is 0.302 e. The molecule has 2 fully saturated rings.